The first kappa shape index (κ1) is 15.4. The molecule has 112 valence electrons. The van der Waals surface area contributed by atoms with Crippen molar-refractivity contribution < 1.29 is 18.8 Å². The largest absolute Gasteiger partial charge is 0.465 e. The van der Waals surface area contributed by atoms with Gasteiger partial charge in [-0.2, -0.15) is 0 Å². The number of rotatable bonds is 4. The molecule has 1 unspecified atom stereocenters. The molecule has 2 rings (SSSR count). The molecule has 1 N–H and O–H groups in total. The van der Waals surface area contributed by atoms with Gasteiger partial charge in [-0.15, -0.1) is 0 Å². The molecule has 1 atom stereocenters. The van der Waals surface area contributed by atoms with E-state index in [1.807, 2.05) is 33.8 Å². The van der Waals surface area contributed by atoms with Crippen LogP contribution in [0.4, 0.5) is 4.79 Å². The van der Waals surface area contributed by atoms with E-state index < -0.39 is 6.09 Å². The van der Waals surface area contributed by atoms with Crippen LogP contribution in [0.25, 0.3) is 0 Å². The molecule has 2 aliphatic rings. The molecule has 20 heavy (non-hydrogen) atoms. The van der Waals surface area contributed by atoms with E-state index in [9.17, 15) is 4.79 Å². The molecular weight excluding hydrogens is 257 g/mol. The standard InChI is InChI=1S/C14H24BNO4/c1-13(2)14(3,4)20-15(19-13)11(10-6-7-10)8-9-16-12(17)18-5/h8-11H,6-7H2,1-5H3,(H,16,17)/b9-8+. The number of methoxy groups -OCH3 is 1. The lowest BCUT2D eigenvalue weighted by atomic mass is 9.69. The van der Waals surface area contributed by atoms with Crippen LogP contribution in [-0.4, -0.2) is 31.5 Å². The van der Waals surface area contributed by atoms with Gasteiger partial charge in [0.1, 0.15) is 0 Å². The molecule has 1 aliphatic heterocycles. The zero-order valence-electron chi connectivity index (χ0n) is 12.9. The second-order valence-corrected chi connectivity index (χ2v) is 6.53. The Morgan fingerprint density at radius 2 is 1.85 bits per heavy atom. The fourth-order valence-electron chi connectivity index (χ4n) is 2.28. The lowest BCUT2D eigenvalue weighted by Gasteiger charge is -2.32. The van der Waals surface area contributed by atoms with Crippen molar-refractivity contribution in [3.63, 3.8) is 0 Å². The summed E-state index contributed by atoms with van der Waals surface area (Å²) in [4.78, 5) is 11.1. The molecule has 1 saturated carbocycles. The predicted molar refractivity (Wildman–Crippen MR) is 77.2 cm³/mol. The van der Waals surface area contributed by atoms with Gasteiger partial charge in [0.05, 0.1) is 18.3 Å². The number of carbonyl (C=O) groups excluding carboxylic acids is 1. The van der Waals surface area contributed by atoms with Crippen LogP contribution in [-0.2, 0) is 14.0 Å². The molecule has 0 aromatic carbocycles. The molecule has 5 nitrogen and oxygen atoms in total. The summed E-state index contributed by atoms with van der Waals surface area (Å²) >= 11 is 0. The first-order valence-electron chi connectivity index (χ1n) is 7.13. The van der Waals surface area contributed by atoms with E-state index in [-0.39, 0.29) is 24.1 Å². The van der Waals surface area contributed by atoms with Gasteiger partial charge in [-0.1, -0.05) is 18.9 Å². The second-order valence-electron chi connectivity index (χ2n) is 6.53. The van der Waals surface area contributed by atoms with E-state index in [1.54, 1.807) is 6.20 Å². The molecule has 0 aromatic rings. The van der Waals surface area contributed by atoms with Gasteiger partial charge in [0.15, 0.2) is 0 Å². The Bertz CT molecular complexity index is 388. The number of ether oxygens (including phenoxy) is 1. The van der Waals surface area contributed by atoms with Crippen LogP contribution < -0.4 is 5.32 Å². The maximum atomic E-state index is 11.1. The van der Waals surface area contributed by atoms with Crippen LogP contribution in [0.2, 0.25) is 5.82 Å². The summed E-state index contributed by atoms with van der Waals surface area (Å²) in [7, 11) is 1.08. The summed E-state index contributed by atoms with van der Waals surface area (Å²) in [5.74, 6) is 0.730. The van der Waals surface area contributed by atoms with Crippen molar-refractivity contribution in [1.82, 2.24) is 5.32 Å². The highest BCUT2D eigenvalue weighted by Gasteiger charge is 2.55. The van der Waals surface area contributed by atoms with Crippen LogP contribution in [0.5, 0.6) is 0 Å². The predicted octanol–water partition coefficient (Wildman–Crippen LogP) is 2.73. The molecule has 0 radical (unpaired) electrons. The molecule has 6 heteroatoms. The van der Waals surface area contributed by atoms with Gasteiger partial charge in [-0.05, 0) is 33.6 Å². The van der Waals surface area contributed by atoms with Crippen molar-refractivity contribution in [2.24, 2.45) is 5.92 Å². The first-order chi connectivity index (χ1) is 9.27. The smallest absolute Gasteiger partial charge is 0.453 e. The van der Waals surface area contributed by atoms with Gasteiger partial charge >= 0.3 is 13.2 Å². The Morgan fingerprint density at radius 3 is 2.30 bits per heavy atom. The van der Waals surface area contributed by atoms with Crippen LogP contribution in [0, 0.1) is 5.92 Å². The van der Waals surface area contributed by atoms with Gasteiger partial charge in [0.25, 0.3) is 0 Å². The quantitative estimate of drug-likeness (QED) is 0.805. The summed E-state index contributed by atoms with van der Waals surface area (Å²) in [6.07, 6.45) is 5.47. The van der Waals surface area contributed by atoms with E-state index in [1.165, 1.54) is 20.0 Å². The van der Waals surface area contributed by atoms with E-state index >= 15 is 0 Å². The monoisotopic (exact) mass is 281 g/mol. The normalized spacial score (nSPS) is 25.8. The molecule has 1 saturated heterocycles. The Hall–Kier alpha value is -1.01. The second kappa shape index (κ2) is 5.41. The summed E-state index contributed by atoms with van der Waals surface area (Å²) in [5, 5.41) is 2.56. The third kappa shape index (κ3) is 3.18. The van der Waals surface area contributed by atoms with E-state index in [4.69, 9.17) is 9.31 Å². The van der Waals surface area contributed by atoms with Crippen molar-refractivity contribution >= 4 is 13.2 Å². The maximum Gasteiger partial charge on any atom is 0.465 e. The average molecular weight is 281 g/mol. The molecule has 1 heterocycles. The number of hydrogen-bond acceptors (Lipinski definition) is 4. The highest BCUT2D eigenvalue weighted by molar-refractivity contribution is 6.48. The molecule has 1 aliphatic carbocycles. The molecular formula is C14H24BNO4. The Balaban J connectivity index is 2.02. The number of alkyl carbamates (subject to hydrolysis) is 1. The fourth-order valence-corrected chi connectivity index (χ4v) is 2.28. The van der Waals surface area contributed by atoms with E-state index in [0.29, 0.717) is 5.92 Å². The number of nitrogens with one attached hydrogen (secondary N) is 1. The zero-order valence-corrected chi connectivity index (χ0v) is 12.9. The summed E-state index contributed by atoms with van der Waals surface area (Å²) in [6.45, 7) is 8.20. The average Bonchev–Trinajstić information content (AvgIpc) is 3.13. The molecule has 2 fully saturated rings. The SMILES string of the molecule is COC(=O)N/C=C/C(B1OC(C)(C)C(C)(C)O1)C1CC1. The van der Waals surface area contributed by atoms with E-state index in [0.717, 1.165) is 0 Å². The van der Waals surface area contributed by atoms with Gasteiger partial charge in [-0.25, -0.2) is 4.79 Å². The number of hydrogen-bond donors (Lipinski definition) is 1. The topological polar surface area (TPSA) is 56.8 Å². The summed E-state index contributed by atoms with van der Waals surface area (Å²) < 4.78 is 16.7. The highest BCUT2D eigenvalue weighted by Crippen LogP contribution is 2.48. The van der Waals surface area contributed by atoms with Crippen molar-refractivity contribution in [1.29, 1.82) is 0 Å². The molecule has 0 aromatic heterocycles. The van der Waals surface area contributed by atoms with E-state index in [2.05, 4.69) is 10.1 Å². The van der Waals surface area contributed by atoms with Gasteiger partial charge in [0, 0.05) is 12.0 Å². The van der Waals surface area contributed by atoms with Crippen LogP contribution in [0.3, 0.4) is 0 Å². The van der Waals surface area contributed by atoms with Crippen LogP contribution in [0.1, 0.15) is 40.5 Å². The Morgan fingerprint density at radius 1 is 1.30 bits per heavy atom. The van der Waals surface area contributed by atoms with Crippen molar-refractivity contribution in [3.8, 4) is 0 Å². The minimum atomic E-state index is -0.468. The number of carbonyl (C=O) groups is 1. The molecule has 0 bridgehead atoms. The van der Waals surface area contributed by atoms with Crippen LogP contribution in [0.15, 0.2) is 12.3 Å². The lowest BCUT2D eigenvalue weighted by Crippen LogP contribution is -2.41. The first-order valence-corrected chi connectivity index (χ1v) is 7.13. The van der Waals surface area contributed by atoms with Crippen LogP contribution >= 0.6 is 0 Å². The Labute approximate surface area is 121 Å². The molecule has 1 amide bonds. The molecule has 0 spiro atoms. The summed E-state index contributed by atoms with van der Waals surface area (Å²) in [6, 6.07) is 0. The number of allylic oxidation sites excluding steroid dienone is 1. The summed E-state index contributed by atoms with van der Waals surface area (Å²) in [5.41, 5.74) is -0.650. The van der Waals surface area contributed by atoms with Gasteiger partial charge in [-0.3, -0.25) is 5.32 Å². The van der Waals surface area contributed by atoms with Gasteiger partial charge in [0.2, 0.25) is 0 Å². The maximum absolute atomic E-state index is 11.1. The van der Waals surface area contributed by atoms with Gasteiger partial charge < -0.3 is 14.0 Å². The fraction of sp³-hybridized carbons (Fsp3) is 0.786. The van der Waals surface area contributed by atoms with Crippen molar-refractivity contribution in [2.75, 3.05) is 7.11 Å². The highest BCUT2D eigenvalue weighted by atomic mass is 16.7. The number of amides is 1. The third-order valence-corrected chi connectivity index (χ3v) is 4.46. The lowest BCUT2D eigenvalue weighted by molar-refractivity contribution is 0.00578. The third-order valence-electron chi connectivity index (χ3n) is 4.46. The Kier molecular flexibility index (Phi) is 4.16. The zero-order chi connectivity index (χ0) is 15.0. The van der Waals surface area contributed by atoms with Crippen molar-refractivity contribution in [3.05, 3.63) is 12.3 Å². The minimum absolute atomic E-state index is 0.160. The van der Waals surface area contributed by atoms with Crippen molar-refractivity contribution in [2.45, 2.75) is 57.6 Å². The minimum Gasteiger partial charge on any atom is -0.453 e.